The molecule has 7 heteroatoms. The highest BCUT2D eigenvalue weighted by molar-refractivity contribution is 7.99. The standard InChI is InChI=1S/C14H19ClF2N2S2/c1-9-6-10(16)11(19-13(20)18-5-4-15)7-12(9)21-8-14(2,3)17/h6-7H,4-5,8H2,1-3H3,(H2,18,19,20). The van der Waals surface area contributed by atoms with Crippen molar-refractivity contribution in [1.29, 1.82) is 0 Å². The lowest BCUT2D eigenvalue weighted by molar-refractivity contribution is 0.253. The molecular weight excluding hydrogens is 334 g/mol. The van der Waals surface area contributed by atoms with Crippen molar-refractivity contribution < 1.29 is 8.78 Å². The second-order valence-corrected chi connectivity index (χ2v) is 6.98. The van der Waals surface area contributed by atoms with E-state index in [1.165, 1.54) is 31.7 Å². The van der Waals surface area contributed by atoms with E-state index in [9.17, 15) is 8.78 Å². The predicted octanol–water partition coefficient (Wildman–Crippen LogP) is 4.50. The number of halogens is 3. The third-order valence-corrected chi connectivity index (χ3v) is 4.48. The van der Waals surface area contributed by atoms with Gasteiger partial charge in [-0.1, -0.05) is 0 Å². The number of rotatable bonds is 6. The summed E-state index contributed by atoms with van der Waals surface area (Å²) in [6.07, 6.45) is 0. The molecule has 0 bridgehead atoms. The normalized spacial score (nSPS) is 11.3. The summed E-state index contributed by atoms with van der Waals surface area (Å²) >= 11 is 11.9. The fourth-order valence-electron chi connectivity index (χ4n) is 1.48. The molecule has 0 aliphatic heterocycles. The van der Waals surface area contributed by atoms with Crippen molar-refractivity contribution in [3.63, 3.8) is 0 Å². The van der Waals surface area contributed by atoms with Crippen LogP contribution in [0, 0.1) is 12.7 Å². The van der Waals surface area contributed by atoms with Gasteiger partial charge in [0.05, 0.1) is 5.69 Å². The van der Waals surface area contributed by atoms with E-state index in [0.717, 1.165) is 10.5 Å². The van der Waals surface area contributed by atoms with Crippen LogP contribution in [0.3, 0.4) is 0 Å². The van der Waals surface area contributed by atoms with Crippen LogP contribution in [0.15, 0.2) is 17.0 Å². The van der Waals surface area contributed by atoms with Crippen molar-refractivity contribution >= 4 is 46.4 Å². The Balaban J connectivity index is 2.83. The summed E-state index contributed by atoms with van der Waals surface area (Å²) in [4.78, 5) is 0.824. The van der Waals surface area contributed by atoms with E-state index >= 15 is 0 Å². The van der Waals surface area contributed by atoms with Crippen LogP contribution in [0.5, 0.6) is 0 Å². The molecule has 0 aliphatic carbocycles. The lowest BCUT2D eigenvalue weighted by Gasteiger charge is -2.16. The summed E-state index contributed by atoms with van der Waals surface area (Å²) in [6.45, 7) is 5.33. The van der Waals surface area contributed by atoms with Crippen molar-refractivity contribution in [1.82, 2.24) is 5.32 Å². The molecule has 0 spiro atoms. The summed E-state index contributed by atoms with van der Waals surface area (Å²) in [5, 5.41) is 5.95. The van der Waals surface area contributed by atoms with Crippen molar-refractivity contribution in [2.24, 2.45) is 0 Å². The summed E-state index contributed by atoms with van der Waals surface area (Å²) in [5.74, 6) is 0.310. The van der Waals surface area contributed by atoms with Crippen LogP contribution >= 0.6 is 35.6 Å². The van der Waals surface area contributed by atoms with E-state index in [1.807, 2.05) is 0 Å². The van der Waals surface area contributed by atoms with Gasteiger partial charge in [-0.25, -0.2) is 8.78 Å². The van der Waals surface area contributed by atoms with Crippen LogP contribution in [-0.4, -0.2) is 29.0 Å². The van der Waals surface area contributed by atoms with Crippen LogP contribution in [0.2, 0.25) is 0 Å². The zero-order valence-corrected chi connectivity index (χ0v) is 14.6. The van der Waals surface area contributed by atoms with E-state index in [-0.39, 0.29) is 5.69 Å². The van der Waals surface area contributed by atoms with Gasteiger partial charge in [0, 0.05) is 23.1 Å². The van der Waals surface area contributed by atoms with Gasteiger partial charge in [-0.3, -0.25) is 0 Å². The molecule has 1 rings (SSSR count). The Hall–Kier alpha value is -0.590. The SMILES string of the molecule is Cc1cc(F)c(NC(=S)NCCCl)cc1SCC(C)(C)F. The molecule has 2 N–H and O–H groups in total. The van der Waals surface area contributed by atoms with Crippen LogP contribution in [0.4, 0.5) is 14.5 Å². The van der Waals surface area contributed by atoms with Gasteiger partial charge < -0.3 is 10.6 Å². The molecule has 118 valence electrons. The average molecular weight is 353 g/mol. The summed E-state index contributed by atoms with van der Waals surface area (Å²) in [5.41, 5.74) is -0.241. The largest absolute Gasteiger partial charge is 0.361 e. The van der Waals surface area contributed by atoms with Gasteiger partial charge in [0.25, 0.3) is 0 Å². The monoisotopic (exact) mass is 352 g/mol. The van der Waals surface area contributed by atoms with Gasteiger partial charge in [-0.05, 0) is 50.7 Å². The Labute approximate surface area is 139 Å². The van der Waals surface area contributed by atoms with Crippen molar-refractivity contribution in [2.45, 2.75) is 31.3 Å². The molecule has 0 heterocycles. The van der Waals surface area contributed by atoms with E-state index in [4.69, 9.17) is 23.8 Å². The minimum absolute atomic E-state index is 0.270. The summed E-state index contributed by atoms with van der Waals surface area (Å²) in [7, 11) is 0. The lowest BCUT2D eigenvalue weighted by atomic mass is 10.2. The number of nitrogens with one attached hydrogen (secondary N) is 2. The maximum atomic E-state index is 13.9. The third-order valence-electron chi connectivity index (χ3n) is 2.46. The van der Waals surface area contributed by atoms with Gasteiger partial charge in [-0.2, -0.15) is 0 Å². The highest BCUT2D eigenvalue weighted by Crippen LogP contribution is 2.31. The Kier molecular flexibility index (Phi) is 7.16. The summed E-state index contributed by atoms with van der Waals surface area (Å²) in [6, 6.07) is 3.07. The summed E-state index contributed by atoms with van der Waals surface area (Å²) < 4.78 is 27.5. The number of aryl methyl sites for hydroxylation is 1. The molecule has 0 saturated heterocycles. The van der Waals surface area contributed by atoms with Gasteiger partial charge in [0.1, 0.15) is 11.5 Å². The van der Waals surface area contributed by atoms with E-state index in [1.54, 1.807) is 13.0 Å². The van der Waals surface area contributed by atoms with Gasteiger partial charge in [0.2, 0.25) is 0 Å². The molecule has 0 saturated carbocycles. The van der Waals surface area contributed by atoms with Crippen molar-refractivity contribution in [3.8, 4) is 0 Å². The van der Waals surface area contributed by atoms with Gasteiger partial charge in [0.15, 0.2) is 5.11 Å². The Morgan fingerprint density at radius 3 is 2.67 bits per heavy atom. The third kappa shape index (κ3) is 6.80. The minimum Gasteiger partial charge on any atom is -0.361 e. The van der Waals surface area contributed by atoms with Crippen molar-refractivity contribution in [3.05, 3.63) is 23.5 Å². The Bertz CT molecular complexity index is 504. The number of benzene rings is 1. The zero-order chi connectivity index (χ0) is 16.0. The number of thioether (sulfide) groups is 1. The maximum Gasteiger partial charge on any atom is 0.170 e. The van der Waals surface area contributed by atoms with Crippen LogP contribution < -0.4 is 10.6 Å². The maximum absolute atomic E-state index is 13.9. The molecule has 0 aliphatic rings. The molecule has 1 aromatic carbocycles. The average Bonchev–Trinajstić information content (AvgIpc) is 2.37. The first kappa shape index (κ1) is 18.5. The van der Waals surface area contributed by atoms with Gasteiger partial charge in [-0.15, -0.1) is 23.4 Å². The number of thiocarbonyl (C=S) groups is 1. The first-order valence-electron chi connectivity index (χ1n) is 6.45. The van der Waals surface area contributed by atoms with E-state index in [0.29, 0.717) is 23.3 Å². The molecule has 0 atom stereocenters. The molecule has 21 heavy (non-hydrogen) atoms. The van der Waals surface area contributed by atoms with Crippen LogP contribution in [-0.2, 0) is 0 Å². The number of hydrogen-bond acceptors (Lipinski definition) is 2. The highest BCUT2D eigenvalue weighted by atomic mass is 35.5. The second kappa shape index (κ2) is 8.15. The van der Waals surface area contributed by atoms with Crippen LogP contribution in [0.1, 0.15) is 19.4 Å². The number of hydrogen-bond donors (Lipinski definition) is 2. The molecule has 0 aromatic heterocycles. The molecule has 0 amide bonds. The highest BCUT2D eigenvalue weighted by Gasteiger charge is 2.17. The molecule has 1 aromatic rings. The fraction of sp³-hybridized carbons (Fsp3) is 0.500. The fourth-order valence-corrected chi connectivity index (χ4v) is 2.77. The topological polar surface area (TPSA) is 24.1 Å². The quantitative estimate of drug-likeness (QED) is 0.447. The van der Waals surface area contributed by atoms with E-state index in [2.05, 4.69) is 10.6 Å². The van der Waals surface area contributed by atoms with Crippen LogP contribution in [0.25, 0.3) is 0 Å². The molecule has 0 fully saturated rings. The second-order valence-electron chi connectivity index (χ2n) is 5.17. The first-order chi connectivity index (χ1) is 9.73. The minimum atomic E-state index is -1.28. The molecule has 2 nitrogen and oxygen atoms in total. The molecule has 0 unspecified atom stereocenters. The number of alkyl halides is 2. The smallest absolute Gasteiger partial charge is 0.170 e. The first-order valence-corrected chi connectivity index (χ1v) is 8.38. The molecule has 0 radical (unpaired) electrons. The Morgan fingerprint density at radius 2 is 2.10 bits per heavy atom. The number of anilines is 1. The lowest BCUT2D eigenvalue weighted by Crippen LogP contribution is -2.30. The predicted molar refractivity (Wildman–Crippen MR) is 92.0 cm³/mol. The van der Waals surface area contributed by atoms with E-state index < -0.39 is 11.5 Å². The van der Waals surface area contributed by atoms with Crippen molar-refractivity contribution in [2.75, 3.05) is 23.5 Å². The zero-order valence-electron chi connectivity index (χ0n) is 12.2. The molecular formula is C14H19ClF2N2S2. The Morgan fingerprint density at radius 1 is 1.43 bits per heavy atom. The van der Waals surface area contributed by atoms with Gasteiger partial charge >= 0.3 is 0 Å².